The summed E-state index contributed by atoms with van der Waals surface area (Å²) >= 11 is 3.37. The molecule has 0 aliphatic heterocycles. The molecule has 0 fully saturated rings. The number of anilines is 1. The molecular weight excluding hydrogens is 308 g/mol. The van der Waals surface area contributed by atoms with E-state index in [1.165, 1.54) is 0 Å². The lowest BCUT2D eigenvalue weighted by Crippen LogP contribution is -2.41. The first-order valence-electron chi connectivity index (χ1n) is 6.22. The summed E-state index contributed by atoms with van der Waals surface area (Å²) < 4.78 is 7.07. The summed E-state index contributed by atoms with van der Waals surface area (Å²) in [5, 5.41) is 3.53. The topological polar surface area (TPSA) is 34.1 Å². The lowest BCUT2D eigenvalue weighted by Gasteiger charge is -2.36. The van der Waals surface area contributed by atoms with Crippen molar-refractivity contribution >= 4 is 30.1 Å². The number of rotatable bonds is 5. The average Bonchev–Trinajstić information content (AvgIpc) is 2.25. The van der Waals surface area contributed by atoms with Crippen LogP contribution >= 0.6 is 15.9 Å². The number of hydrogen-bond acceptors (Lipinski definition) is 3. The first kappa shape index (κ1) is 15.7. The SMILES string of the molecule is CC(C)(C)[Si](C)(C)OCCNc1ccc(Br)cn1. The van der Waals surface area contributed by atoms with Gasteiger partial charge in [-0.15, -0.1) is 0 Å². The normalized spacial score (nSPS) is 12.6. The van der Waals surface area contributed by atoms with Crippen LogP contribution in [0.15, 0.2) is 22.8 Å². The monoisotopic (exact) mass is 330 g/mol. The molecule has 1 aromatic heterocycles. The Morgan fingerprint density at radius 1 is 1.33 bits per heavy atom. The molecule has 18 heavy (non-hydrogen) atoms. The highest BCUT2D eigenvalue weighted by Crippen LogP contribution is 2.36. The van der Waals surface area contributed by atoms with Gasteiger partial charge in [-0.05, 0) is 46.2 Å². The van der Waals surface area contributed by atoms with Crippen LogP contribution in [0.4, 0.5) is 5.82 Å². The van der Waals surface area contributed by atoms with Gasteiger partial charge in [0.05, 0.1) is 6.61 Å². The van der Waals surface area contributed by atoms with Crippen LogP contribution in [-0.2, 0) is 4.43 Å². The molecule has 0 bridgehead atoms. The molecule has 1 heterocycles. The van der Waals surface area contributed by atoms with Crippen molar-refractivity contribution in [3.05, 3.63) is 22.8 Å². The van der Waals surface area contributed by atoms with E-state index in [4.69, 9.17) is 4.43 Å². The van der Waals surface area contributed by atoms with Gasteiger partial charge in [0.25, 0.3) is 0 Å². The zero-order valence-electron chi connectivity index (χ0n) is 11.9. The second-order valence-electron chi connectivity index (χ2n) is 5.90. The van der Waals surface area contributed by atoms with Crippen molar-refractivity contribution in [2.24, 2.45) is 0 Å². The van der Waals surface area contributed by atoms with E-state index >= 15 is 0 Å². The van der Waals surface area contributed by atoms with E-state index in [9.17, 15) is 0 Å². The molecular formula is C13H23BrN2OSi. The number of nitrogens with zero attached hydrogens (tertiary/aromatic N) is 1. The van der Waals surface area contributed by atoms with Crippen LogP contribution in [0.2, 0.25) is 18.1 Å². The maximum atomic E-state index is 6.08. The fraction of sp³-hybridized carbons (Fsp3) is 0.615. The minimum Gasteiger partial charge on any atom is -0.415 e. The van der Waals surface area contributed by atoms with Crippen molar-refractivity contribution < 1.29 is 4.43 Å². The molecule has 0 spiro atoms. The van der Waals surface area contributed by atoms with Gasteiger partial charge in [-0.25, -0.2) is 4.98 Å². The smallest absolute Gasteiger partial charge is 0.192 e. The van der Waals surface area contributed by atoms with E-state index < -0.39 is 8.32 Å². The van der Waals surface area contributed by atoms with E-state index in [1.807, 2.05) is 12.1 Å². The van der Waals surface area contributed by atoms with Gasteiger partial charge in [-0.3, -0.25) is 0 Å². The molecule has 0 aromatic carbocycles. The Morgan fingerprint density at radius 2 is 2.00 bits per heavy atom. The predicted octanol–water partition coefficient (Wildman–Crippen LogP) is 4.28. The third-order valence-corrected chi connectivity index (χ3v) is 8.41. The Hall–Kier alpha value is -0.393. The lowest BCUT2D eigenvalue weighted by molar-refractivity contribution is 0.301. The number of aromatic nitrogens is 1. The largest absolute Gasteiger partial charge is 0.415 e. The van der Waals surface area contributed by atoms with Crippen molar-refractivity contribution in [2.75, 3.05) is 18.5 Å². The molecule has 1 rings (SSSR count). The predicted molar refractivity (Wildman–Crippen MR) is 83.6 cm³/mol. The summed E-state index contributed by atoms with van der Waals surface area (Å²) in [6.45, 7) is 12.8. The van der Waals surface area contributed by atoms with Gasteiger partial charge in [0.1, 0.15) is 5.82 Å². The molecule has 0 unspecified atom stereocenters. The first-order valence-corrected chi connectivity index (χ1v) is 9.92. The molecule has 0 aliphatic carbocycles. The molecule has 102 valence electrons. The Morgan fingerprint density at radius 3 is 2.50 bits per heavy atom. The van der Waals surface area contributed by atoms with Crippen molar-refractivity contribution in [1.82, 2.24) is 4.98 Å². The van der Waals surface area contributed by atoms with E-state index in [2.05, 4.69) is 60.1 Å². The summed E-state index contributed by atoms with van der Waals surface area (Å²) in [4.78, 5) is 4.26. The van der Waals surface area contributed by atoms with Crippen molar-refractivity contribution in [2.45, 2.75) is 38.9 Å². The molecule has 0 radical (unpaired) electrons. The van der Waals surface area contributed by atoms with Gasteiger partial charge in [0, 0.05) is 17.2 Å². The van der Waals surface area contributed by atoms with Crippen molar-refractivity contribution in [3.8, 4) is 0 Å². The molecule has 0 saturated carbocycles. The Bertz CT molecular complexity index is 374. The van der Waals surface area contributed by atoms with Crippen LogP contribution in [0.1, 0.15) is 20.8 Å². The van der Waals surface area contributed by atoms with Crippen LogP contribution in [0.3, 0.4) is 0 Å². The highest BCUT2D eigenvalue weighted by molar-refractivity contribution is 9.10. The highest BCUT2D eigenvalue weighted by atomic mass is 79.9. The van der Waals surface area contributed by atoms with Crippen LogP contribution in [0.25, 0.3) is 0 Å². The second kappa shape index (κ2) is 6.17. The Balaban J connectivity index is 2.33. The van der Waals surface area contributed by atoms with E-state index in [-0.39, 0.29) is 5.04 Å². The molecule has 3 nitrogen and oxygen atoms in total. The summed E-state index contributed by atoms with van der Waals surface area (Å²) in [5.74, 6) is 0.886. The zero-order chi connectivity index (χ0) is 13.8. The van der Waals surface area contributed by atoms with Crippen LogP contribution in [-0.4, -0.2) is 26.5 Å². The molecule has 0 saturated heterocycles. The lowest BCUT2D eigenvalue weighted by atomic mass is 10.2. The number of halogens is 1. The molecule has 1 aromatic rings. The van der Waals surface area contributed by atoms with Gasteiger partial charge >= 0.3 is 0 Å². The maximum Gasteiger partial charge on any atom is 0.192 e. The fourth-order valence-electron chi connectivity index (χ4n) is 1.18. The maximum absolute atomic E-state index is 6.08. The minimum absolute atomic E-state index is 0.267. The Labute approximate surface area is 120 Å². The van der Waals surface area contributed by atoms with Gasteiger partial charge in [0.2, 0.25) is 0 Å². The molecule has 0 amide bonds. The molecule has 1 N–H and O–H groups in total. The number of hydrogen-bond donors (Lipinski definition) is 1. The van der Waals surface area contributed by atoms with Crippen molar-refractivity contribution in [3.63, 3.8) is 0 Å². The summed E-state index contributed by atoms with van der Waals surface area (Å²) in [5.41, 5.74) is 0. The quantitative estimate of drug-likeness (QED) is 0.646. The van der Waals surface area contributed by atoms with E-state index in [1.54, 1.807) is 6.20 Å². The van der Waals surface area contributed by atoms with Crippen LogP contribution in [0, 0.1) is 0 Å². The molecule has 5 heteroatoms. The number of nitrogens with one attached hydrogen (secondary N) is 1. The molecule has 0 aliphatic rings. The second-order valence-corrected chi connectivity index (χ2v) is 11.6. The summed E-state index contributed by atoms with van der Waals surface area (Å²) in [7, 11) is -1.62. The van der Waals surface area contributed by atoms with Gasteiger partial charge < -0.3 is 9.74 Å². The van der Waals surface area contributed by atoms with Gasteiger partial charge in [-0.1, -0.05) is 20.8 Å². The third kappa shape index (κ3) is 4.70. The summed E-state index contributed by atoms with van der Waals surface area (Å²) in [6.07, 6.45) is 1.79. The fourth-order valence-corrected chi connectivity index (χ4v) is 2.46. The first-order chi connectivity index (χ1) is 8.22. The Kier molecular flexibility index (Phi) is 5.37. The average molecular weight is 331 g/mol. The van der Waals surface area contributed by atoms with E-state index in [0.29, 0.717) is 0 Å². The zero-order valence-corrected chi connectivity index (χ0v) is 14.5. The number of pyridine rings is 1. The van der Waals surface area contributed by atoms with Gasteiger partial charge in [0.15, 0.2) is 8.32 Å². The van der Waals surface area contributed by atoms with Gasteiger partial charge in [-0.2, -0.15) is 0 Å². The standard InChI is InChI=1S/C13H23BrN2OSi/c1-13(2,3)18(4,5)17-9-8-15-12-7-6-11(14)10-16-12/h6-7,10H,8-9H2,1-5H3,(H,15,16). The molecule has 0 atom stereocenters. The van der Waals surface area contributed by atoms with E-state index in [0.717, 1.165) is 23.4 Å². The van der Waals surface area contributed by atoms with Crippen LogP contribution < -0.4 is 5.32 Å². The summed E-state index contributed by atoms with van der Waals surface area (Å²) in [6, 6.07) is 3.93. The third-order valence-electron chi connectivity index (χ3n) is 3.40. The van der Waals surface area contributed by atoms with Crippen molar-refractivity contribution in [1.29, 1.82) is 0 Å². The van der Waals surface area contributed by atoms with Crippen LogP contribution in [0.5, 0.6) is 0 Å². The highest BCUT2D eigenvalue weighted by Gasteiger charge is 2.36. The minimum atomic E-state index is -1.62.